The fourth-order valence-electron chi connectivity index (χ4n) is 2.38. The van der Waals surface area contributed by atoms with Crippen molar-refractivity contribution in [2.24, 2.45) is 0 Å². The van der Waals surface area contributed by atoms with Gasteiger partial charge in [0.2, 0.25) is 0 Å². The van der Waals surface area contributed by atoms with Crippen molar-refractivity contribution in [3.05, 3.63) is 45.7 Å². The number of aliphatic hydroxyl groups is 1. The zero-order chi connectivity index (χ0) is 15.6. The minimum Gasteiger partial charge on any atom is -0.388 e. The fraction of sp³-hybridized carbons (Fsp3) is 0.438. The number of rotatable bonds is 5. The van der Waals surface area contributed by atoms with Crippen LogP contribution in [0.25, 0.3) is 0 Å². The van der Waals surface area contributed by atoms with Gasteiger partial charge in [-0.15, -0.1) is 0 Å². The van der Waals surface area contributed by atoms with Crippen LogP contribution in [0.4, 0.5) is 5.69 Å². The van der Waals surface area contributed by atoms with Crippen molar-refractivity contribution in [3.63, 3.8) is 0 Å². The molecule has 0 aliphatic rings. The monoisotopic (exact) mass is 351 g/mol. The number of nitrogens with zero attached hydrogens (tertiary/aromatic N) is 3. The van der Waals surface area contributed by atoms with E-state index in [1.54, 1.807) is 0 Å². The average molecular weight is 352 g/mol. The molecule has 2 aromatic rings. The first-order valence-corrected chi connectivity index (χ1v) is 7.90. The standard InChI is InChI=1S/C16H22BrN3O/c1-5-20-14(16(17)11(2)18-20)10-15(21)12-7-6-8-13(9-12)19(3)4/h6-9,15,21H,5,10H2,1-4H3. The highest BCUT2D eigenvalue weighted by Crippen LogP contribution is 2.27. The van der Waals surface area contributed by atoms with Gasteiger partial charge in [0.05, 0.1) is 22.0 Å². The van der Waals surface area contributed by atoms with Gasteiger partial charge in [-0.2, -0.15) is 5.10 Å². The molecule has 0 spiro atoms. The van der Waals surface area contributed by atoms with Gasteiger partial charge in [0.1, 0.15) is 0 Å². The number of benzene rings is 1. The van der Waals surface area contributed by atoms with Crippen LogP contribution in [0.2, 0.25) is 0 Å². The second-order valence-electron chi connectivity index (χ2n) is 5.37. The topological polar surface area (TPSA) is 41.3 Å². The Balaban J connectivity index is 2.26. The summed E-state index contributed by atoms with van der Waals surface area (Å²) in [4.78, 5) is 2.03. The third kappa shape index (κ3) is 3.47. The second kappa shape index (κ2) is 6.62. The van der Waals surface area contributed by atoms with Gasteiger partial charge in [-0.25, -0.2) is 0 Å². The van der Waals surface area contributed by atoms with Crippen LogP contribution in [0.3, 0.4) is 0 Å². The minimum atomic E-state index is -0.539. The van der Waals surface area contributed by atoms with E-state index in [1.165, 1.54) is 0 Å². The van der Waals surface area contributed by atoms with Crippen molar-refractivity contribution < 1.29 is 5.11 Å². The summed E-state index contributed by atoms with van der Waals surface area (Å²) in [7, 11) is 4.00. The minimum absolute atomic E-state index is 0.539. The highest BCUT2D eigenvalue weighted by atomic mass is 79.9. The summed E-state index contributed by atoms with van der Waals surface area (Å²) in [5, 5.41) is 15.0. The molecule has 0 saturated carbocycles. The predicted molar refractivity (Wildman–Crippen MR) is 89.8 cm³/mol. The number of hydrogen-bond donors (Lipinski definition) is 1. The summed E-state index contributed by atoms with van der Waals surface area (Å²) in [6.45, 7) is 4.83. The summed E-state index contributed by atoms with van der Waals surface area (Å²) in [5.74, 6) is 0. The molecule has 0 radical (unpaired) electrons. The average Bonchev–Trinajstić information content (AvgIpc) is 2.75. The molecular weight excluding hydrogens is 330 g/mol. The van der Waals surface area contributed by atoms with Crippen LogP contribution in [0.1, 0.15) is 30.0 Å². The summed E-state index contributed by atoms with van der Waals surface area (Å²) in [5.41, 5.74) is 4.01. The van der Waals surface area contributed by atoms with E-state index in [9.17, 15) is 5.11 Å². The molecule has 5 heteroatoms. The smallest absolute Gasteiger partial charge is 0.0846 e. The first-order valence-electron chi connectivity index (χ1n) is 7.11. The van der Waals surface area contributed by atoms with Crippen LogP contribution in [0.5, 0.6) is 0 Å². The van der Waals surface area contributed by atoms with Gasteiger partial charge in [0.15, 0.2) is 0 Å². The van der Waals surface area contributed by atoms with Gasteiger partial charge in [-0.05, 0) is 47.5 Å². The lowest BCUT2D eigenvalue weighted by Crippen LogP contribution is -2.11. The number of hydrogen-bond acceptors (Lipinski definition) is 3. The lowest BCUT2D eigenvalue weighted by Gasteiger charge is -2.17. The maximum Gasteiger partial charge on any atom is 0.0846 e. The van der Waals surface area contributed by atoms with Crippen LogP contribution in [0, 0.1) is 6.92 Å². The van der Waals surface area contributed by atoms with Crippen molar-refractivity contribution in [3.8, 4) is 0 Å². The number of anilines is 1. The largest absolute Gasteiger partial charge is 0.388 e. The molecule has 1 aromatic heterocycles. The van der Waals surface area contributed by atoms with Crippen LogP contribution in [-0.2, 0) is 13.0 Å². The highest BCUT2D eigenvalue weighted by Gasteiger charge is 2.17. The number of aromatic nitrogens is 2. The number of aliphatic hydroxyl groups excluding tert-OH is 1. The first kappa shape index (κ1) is 16.0. The molecule has 0 bridgehead atoms. The van der Waals surface area contributed by atoms with E-state index in [0.29, 0.717) is 6.42 Å². The molecule has 1 N–H and O–H groups in total. The molecular formula is C16H22BrN3O. The Morgan fingerprint density at radius 2 is 2.10 bits per heavy atom. The fourth-order valence-corrected chi connectivity index (χ4v) is 2.82. The molecule has 0 aliphatic carbocycles. The Bertz CT molecular complexity index is 622. The van der Waals surface area contributed by atoms with E-state index in [4.69, 9.17) is 0 Å². The molecule has 1 unspecified atom stereocenters. The first-order chi connectivity index (χ1) is 9.93. The van der Waals surface area contributed by atoms with E-state index < -0.39 is 6.10 Å². The third-order valence-corrected chi connectivity index (χ3v) is 4.64. The molecule has 4 nitrogen and oxygen atoms in total. The Morgan fingerprint density at radius 1 is 1.38 bits per heavy atom. The van der Waals surface area contributed by atoms with Gasteiger partial charge in [-0.3, -0.25) is 4.68 Å². The van der Waals surface area contributed by atoms with E-state index in [1.807, 2.05) is 54.9 Å². The lowest BCUT2D eigenvalue weighted by molar-refractivity contribution is 0.175. The molecule has 0 fully saturated rings. The van der Waals surface area contributed by atoms with E-state index in [-0.39, 0.29) is 0 Å². The van der Waals surface area contributed by atoms with Gasteiger partial charge in [-0.1, -0.05) is 12.1 Å². The van der Waals surface area contributed by atoms with Gasteiger partial charge < -0.3 is 10.0 Å². The van der Waals surface area contributed by atoms with Crippen molar-refractivity contribution >= 4 is 21.6 Å². The zero-order valence-electron chi connectivity index (χ0n) is 13.0. The summed E-state index contributed by atoms with van der Waals surface area (Å²) < 4.78 is 2.94. The van der Waals surface area contributed by atoms with Gasteiger partial charge in [0, 0.05) is 32.7 Å². The SMILES string of the molecule is CCn1nc(C)c(Br)c1CC(O)c1cccc(N(C)C)c1. The predicted octanol–water partition coefficient (Wildman–Crippen LogP) is 3.32. The van der Waals surface area contributed by atoms with Crippen molar-refractivity contribution in [1.82, 2.24) is 9.78 Å². The molecule has 0 saturated heterocycles. The zero-order valence-corrected chi connectivity index (χ0v) is 14.6. The molecule has 0 amide bonds. The van der Waals surface area contributed by atoms with E-state index in [0.717, 1.165) is 33.7 Å². The Labute approximate surface area is 134 Å². The molecule has 114 valence electrons. The lowest BCUT2D eigenvalue weighted by atomic mass is 10.0. The van der Waals surface area contributed by atoms with Crippen LogP contribution < -0.4 is 4.90 Å². The maximum atomic E-state index is 10.6. The van der Waals surface area contributed by atoms with Crippen molar-refractivity contribution in [1.29, 1.82) is 0 Å². The van der Waals surface area contributed by atoms with Crippen molar-refractivity contribution in [2.75, 3.05) is 19.0 Å². The van der Waals surface area contributed by atoms with E-state index >= 15 is 0 Å². The molecule has 1 aromatic carbocycles. The van der Waals surface area contributed by atoms with E-state index in [2.05, 4.69) is 28.0 Å². The summed E-state index contributed by atoms with van der Waals surface area (Å²) >= 11 is 3.58. The van der Waals surface area contributed by atoms with Crippen LogP contribution in [0.15, 0.2) is 28.7 Å². The number of halogens is 1. The highest BCUT2D eigenvalue weighted by molar-refractivity contribution is 9.10. The Kier molecular flexibility index (Phi) is 5.06. The van der Waals surface area contributed by atoms with Gasteiger partial charge in [0.25, 0.3) is 0 Å². The molecule has 1 heterocycles. The number of aryl methyl sites for hydroxylation is 2. The summed E-state index contributed by atoms with van der Waals surface area (Å²) in [6, 6.07) is 8.00. The quantitative estimate of drug-likeness (QED) is 0.898. The maximum absolute atomic E-state index is 10.6. The molecule has 1 atom stereocenters. The summed E-state index contributed by atoms with van der Waals surface area (Å²) in [6.07, 6.45) is 0.00850. The second-order valence-corrected chi connectivity index (χ2v) is 6.16. The van der Waals surface area contributed by atoms with Gasteiger partial charge >= 0.3 is 0 Å². The molecule has 0 aliphatic heterocycles. The molecule has 2 rings (SSSR count). The molecule has 21 heavy (non-hydrogen) atoms. The van der Waals surface area contributed by atoms with Crippen LogP contribution >= 0.6 is 15.9 Å². The normalized spacial score (nSPS) is 12.5. The van der Waals surface area contributed by atoms with Crippen molar-refractivity contribution in [2.45, 2.75) is 32.9 Å². The Morgan fingerprint density at radius 3 is 2.71 bits per heavy atom. The third-order valence-electron chi connectivity index (χ3n) is 3.61. The Hall–Kier alpha value is -1.33. The van der Waals surface area contributed by atoms with Crippen LogP contribution in [-0.4, -0.2) is 29.0 Å².